The molecule has 0 radical (unpaired) electrons. The average Bonchev–Trinajstić information content (AvgIpc) is 2.52. The van der Waals surface area contributed by atoms with Crippen LogP contribution < -0.4 is 10.2 Å². The first-order chi connectivity index (χ1) is 10.1. The summed E-state index contributed by atoms with van der Waals surface area (Å²) in [6.45, 7) is 7.51. The lowest BCUT2D eigenvalue weighted by Gasteiger charge is -2.21. The van der Waals surface area contributed by atoms with Crippen LogP contribution in [0.15, 0.2) is 42.6 Å². The summed E-state index contributed by atoms with van der Waals surface area (Å²) in [5.74, 6) is 0.974. The van der Waals surface area contributed by atoms with E-state index in [1.807, 2.05) is 6.20 Å². The Hall–Kier alpha value is -1.87. The molecule has 0 fully saturated rings. The van der Waals surface area contributed by atoms with Crippen molar-refractivity contribution < 1.29 is 0 Å². The van der Waals surface area contributed by atoms with Crippen molar-refractivity contribution in [3.63, 3.8) is 0 Å². The van der Waals surface area contributed by atoms with Crippen LogP contribution in [0, 0.1) is 6.92 Å². The highest BCUT2D eigenvalue weighted by molar-refractivity contribution is 5.59. The number of pyridine rings is 1. The Labute approximate surface area is 128 Å². The molecule has 0 bridgehead atoms. The van der Waals surface area contributed by atoms with Gasteiger partial charge in [0, 0.05) is 25.0 Å². The molecule has 1 aromatic heterocycles. The minimum Gasteiger partial charge on any atom is -0.329 e. The van der Waals surface area contributed by atoms with Gasteiger partial charge < -0.3 is 10.2 Å². The van der Waals surface area contributed by atoms with Gasteiger partial charge in [-0.1, -0.05) is 24.6 Å². The molecule has 2 aromatic rings. The van der Waals surface area contributed by atoms with Crippen molar-refractivity contribution in [1.82, 2.24) is 10.3 Å². The van der Waals surface area contributed by atoms with Gasteiger partial charge in [-0.3, -0.25) is 0 Å². The number of hydrogen-bond donors (Lipinski definition) is 1. The van der Waals surface area contributed by atoms with Crippen LogP contribution in [-0.4, -0.2) is 18.6 Å². The van der Waals surface area contributed by atoms with Crippen molar-refractivity contribution in [2.45, 2.75) is 33.2 Å². The Kier molecular flexibility index (Phi) is 5.34. The number of nitrogens with zero attached hydrogens (tertiary/aromatic N) is 2. The number of aryl methyl sites for hydroxylation is 1. The monoisotopic (exact) mass is 283 g/mol. The second-order valence-corrected chi connectivity index (χ2v) is 5.52. The largest absolute Gasteiger partial charge is 0.329 e. The molecule has 1 N–H and O–H groups in total. The van der Waals surface area contributed by atoms with Gasteiger partial charge in [-0.25, -0.2) is 4.98 Å². The zero-order valence-corrected chi connectivity index (χ0v) is 13.4. The maximum absolute atomic E-state index is 4.50. The fourth-order valence-electron chi connectivity index (χ4n) is 2.27. The van der Waals surface area contributed by atoms with Gasteiger partial charge in [0.2, 0.25) is 0 Å². The highest BCUT2D eigenvalue weighted by atomic mass is 15.2. The lowest BCUT2D eigenvalue weighted by atomic mass is 10.1. The predicted molar refractivity (Wildman–Crippen MR) is 90.2 cm³/mol. The molecule has 0 saturated heterocycles. The van der Waals surface area contributed by atoms with Crippen molar-refractivity contribution in [2.75, 3.05) is 18.5 Å². The number of anilines is 2. The lowest BCUT2D eigenvalue weighted by Crippen LogP contribution is -2.20. The summed E-state index contributed by atoms with van der Waals surface area (Å²) in [6.07, 6.45) is 3.03. The Balaban J connectivity index is 2.18. The fourth-order valence-corrected chi connectivity index (χ4v) is 2.27. The summed E-state index contributed by atoms with van der Waals surface area (Å²) in [5, 5.41) is 3.52. The smallest absolute Gasteiger partial charge is 0.132 e. The van der Waals surface area contributed by atoms with Crippen LogP contribution in [0.2, 0.25) is 0 Å². The van der Waals surface area contributed by atoms with E-state index in [1.165, 1.54) is 11.1 Å². The summed E-state index contributed by atoms with van der Waals surface area (Å²) in [7, 11) is 2.06. The molecule has 0 aliphatic heterocycles. The summed E-state index contributed by atoms with van der Waals surface area (Å²) >= 11 is 0. The maximum Gasteiger partial charge on any atom is 0.132 e. The highest BCUT2D eigenvalue weighted by Crippen LogP contribution is 2.24. The van der Waals surface area contributed by atoms with E-state index in [4.69, 9.17) is 0 Å². The van der Waals surface area contributed by atoms with E-state index < -0.39 is 0 Å². The molecule has 0 aliphatic carbocycles. The molecule has 0 aliphatic rings. The summed E-state index contributed by atoms with van der Waals surface area (Å²) < 4.78 is 0. The number of rotatable bonds is 6. The van der Waals surface area contributed by atoms with Crippen molar-refractivity contribution in [1.29, 1.82) is 0 Å². The molecule has 1 atom stereocenters. The van der Waals surface area contributed by atoms with Gasteiger partial charge in [0.25, 0.3) is 0 Å². The molecule has 0 amide bonds. The normalized spacial score (nSPS) is 12.2. The summed E-state index contributed by atoms with van der Waals surface area (Å²) in [6, 6.07) is 13.1. The summed E-state index contributed by atoms with van der Waals surface area (Å²) in [5.41, 5.74) is 3.69. The zero-order chi connectivity index (χ0) is 15.2. The van der Waals surface area contributed by atoms with Crippen molar-refractivity contribution in [3.05, 3.63) is 53.7 Å². The topological polar surface area (TPSA) is 28.2 Å². The zero-order valence-electron chi connectivity index (χ0n) is 13.4. The summed E-state index contributed by atoms with van der Waals surface area (Å²) in [4.78, 5) is 6.62. The molecular formula is C18H25N3. The fraction of sp³-hybridized carbons (Fsp3) is 0.389. The van der Waals surface area contributed by atoms with Gasteiger partial charge in [0.1, 0.15) is 5.82 Å². The number of aromatic nitrogens is 1. The molecule has 1 unspecified atom stereocenters. The third-order valence-electron chi connectivity index (χ3n) is 3.74. The molecule has 1 heterocycles. The van der Waals surface area contributed by atoms with Crippen LogP contribution >= 0.6 is 0 Å². The number of benzene rings is 1. The molecule has 3 heteroatoms. The maximum atomic E-state index is 4.50. The third kappa shape index (κ3) is 4.05. The van der Waals surface area contributed by atoms with Crippen molar-refractivity contribution in [2.24, 2.45) is 0 Å². The first kappa shape index (κ1) is 15.5. The standard InChI is InChI=1S/C18H25N3/c1-5-11-19-15(3)16-10-12-20-18(13-16)21(4)17-8-6-14(2)7-9-17/h6-10,12-13,15,19H,5,11H2,1-4H3. The molecule has 21 heavy (non-hydrogen) atoms. The predicted octanol–water partition coefficient (Wildman–Crippen LogP) is 4.22. The second kappa shape index (κ2) is 7.23. The van der Waals surface area contributed by atoms with Crippen molar-refractivity contribution in [3.8, 4) is 0 Å². The van der Waals surface area contributed by atoms with E-state index >= 15 is 0 Å². The molecular weight excluding hydrogens is 258 g/mol. The van der Waals surface area contributed by atoms with Crippen LogP contribution in [0.5, 0.6) is 0 Å². The Morgan fingerprint density at radius 1 is 1.19 bits per heavy atom. The van der Waals surface area contributed by atoms with E-state index in [0.717, 1.165) is 24.5 Å². The average molecular weight is 283 g/mol. The minimum atomic E-state index is 0.345. The van der Waals surface area contributed by atoms with Crippen molar-refractivity contribution >= 4 is 11.5 Å². The van der Waals surface area contributed by atoms with Crippen LogP contribution in [0.25, 0.3) is 0 Å². The third-order valence-corrected chi connectivity index (χ3v) is 3.74. The number of hydrogen-bond acceptors (Lipinski definition) is 3. The van der Waals surface area contributed by atoms with Crippen LogP contribution in [0.1, 0.15) is 37.4 Å². The molecule has 112 valence electrons. The van der Waals surface area contributed by atoms with Gasteiger partial charge >= 0.3 is 0 Å². The second-order valence-electron chi connectivity index (χ2n) is 5.52. The molecule has 3 nitrogen and oxygen atoms in total. The SMILES string of the molecule is CCCNC(C)c1ccnc(N(C)c2ccc(C)cc2)c1. The Morgan fingerprint density at radius 2 is 1.90 bits per heavy atom. The minimum absolute atomic E-state index is 0.345. The van der Waals surface area contributed by atoms with Gasteiger partial charge in [-0.15, -0.1) is 0 Å². The Bertz CT molecular complexity index is 563. The van der Waals surface area contributed by atoms with E-state index in [1.54, 1.807) is 0 Å². The van der Waals surface area contributed by atoms with Gasteiger partial charge in [0.15, 0.2) is 0 Å². The number of nitrogens with one attached hydrogen (secondary N) is 1. The van der Waals surface area contributed by atoms with E-state index in [-0.39, 0.29) is 0 Å². The Morgan fingerprint density at radius 3 is 2.57 bits per heavy atom. The first-order valence-electron chi connectivity index (χ1n) is 7.61. The molecule has 2 rings (SSSR count). The van der Waals surface area contributed by atoms with E-state index in [9.17, 15) is 0 Å². The lowest BCUT2D eigenvalue weighted by molar-refractivity contribution is 0.570. The quantitative estimate of drug-likeness (QED) is 0.860. The highest BCUT2D eigenvalue weighted by Gasteiger charge is 2.09. The van der Waals surface area contributed by atoms with Gasteiger partial charge in [0.05, 0.1) is 0 Å². The molecule has 0 saturated carbocycles. The van der Waals surface area contributed by atoms with Crippen LogP contribution in [0.3, 0.4) is 0 Å². The van der Waals surface area contributed by atoms with E-state index in [0.29, 0.717) is 6.04 Å². The molecule has 0 spiro atoms. The van der Waals surface area contributed by atoms with Gasteiger partial charge in [-0.05, 0) is 56.6 Å². The van der Waals surface area contributed by atoms with Crippen LogP contribution in [-0.2, 0) is 0 Å². The van der Waals surface area contributed by atoms with Gasteiger partial charge in [-0.2, -0.15) is 0 Å². The molecule has 1 aromatic carbocycles. The first-order valence-corrected chi connectivity index (χ1v) is 7.61. The van der Waals surface area contributed by atoms with Crippen LogP contribution in [0.4, 0.5) is 11.5 Å². The van der Waals surface area contributed by atoms with E-state index in [2.05, 4.69) is 79.4 Å².